The van der Waals surface area contributed by atoms with Crippen LogP contribution in [0, 0.1) is 13.8 Å². The zero-order valence-corrected chi connectivity index (χ0v) is 13.6. The zero-order chi connectivity index (χ0) is 15.2. The first kappa shape index (κ1) is 15.9. The van der Waals surface area contributed by atoms with Gasteiger partial charge in [-0.1, -0.05) is 24.6 Å². The van der Waals surface area contributed by atoms with E-state index < -0.39 is 0 Å². The first-order valence-electron chi connectivity index (χ1n) is 7.28. The molecule has 2 rings (SSSR count). The maximum absolute atomic E-state index is 6.17. The van der Waals surface area contributed by atoms with Gasteiger partial charge in [0.1, 0.15) is 23.9 Å². The highest BCUT2D eigenvalue weighted by Crippen LogP contribution is 2.26. The maximum atomic E-state index is 6.17. The second kappa shape index (κ2) is 7.53. The van der Waals surface area contributed by atoms with Crippen LogP contribution in [0.15, 0.2) is 28.7 Å². The zero-order valence-electron chi connectivity index (χ0n) is 12.8. The summed E-state index contributed by atoms with van der Waals surface area (Å²) in [6.45, 7) is 8.31. The van der Waals surface area contributed by atoms with Crippen LogP contribution < -0.4 is 10.1 Å². The molecular weight excluding hydrogens is 286 g/mol. The van der Waals surface area contributed by atoms with E-state index in [2.05, 4.69) is 12.2 Å². The van der Waals surface area contributed by atoms with Crippen LogP contribution in [-0.2, 0) is 13.2 Å². The highest BCUT2D eigenvalue weighted by atomic mass is 35.5. The van der Waals surface area contributed by atoms with Gasteiger partial charge in [0.2, 0.25) is 0 Å². The number of hydrogen-bond acceptors (Lipinski definition) is 3. The topological polar surface area (TPSA) is 34.4 Å². The van der Waals surface area contributed by atoms with Crippen molar-refractivity contribution in [3.63, 3.8) is 0 Å². The number of ether oxygens (including phenoxy) is 1. The predicted molar refractivity (Wildman–Crippen MR) is 86.0 cm³/mol. The molecule has 3 nitrogen and oxygen atoms in total. The molecule has 0 amide bonds. The van der Waals surface area contributed by atoms with Gasteiger partial charge in [-0.3, -0.25) is 0 Å². The Morgan fingerprint density at radius 2 is 2.05 bits per heavy atom. The fraction of sp³-hybridized carbons (Fsp3) is 0.412. The van der Waals surface area contributed by atoms with Crippen LogP contribution in [0.4, 0.5) is 0 Å². The van der Waals surface area contributed by atoms with Crippen LogP contribution >= 0.6 is 11.6 Å². The Kier molecular flexibility index (Phi) is 5.71. The van der Waals surface area contributed by atoms with Crippen molar-refractivity contribution in [2.24, 2.45) is 0 Å². The molecule has 4 heteroatoms. The Labute approximate surface area is 131 Å². The second-order valence-electron chi connectivity index (χ2n) is 5.19. The Morgan fingerprint density at radius 1 is 1.24 bits per heavy atom. The summed E-state index contributed by atoms with van der Waals surface area (Å²) in [6.07, 6.45) is 1.11. The number of hydrogen-bond donors (Lipinski definition) is 1. The summed E-state index contributed by atoms with van der Waals surface area (Å²) in [5, 5.41) is 3.97. The quantitative estimate of drug-likeness (QED) is 0.757. The minimum atomic E-state index is 0.464. The molecule has 0 atom stereocenters. The lowest BCUT2D eigenvalue weighted by molar-refractivity contribution is 0.303. The van der Waals surface area contributed by atoms with Gasteiger partial charge in [-0.2, -0.15) is 0 Å². The second-order valence-corrected chi connectivity index (χ2v) is 5.60. The summed E-state index contributed by atoms with van der Waals surface area (Å²) in [7, 11) is 0. The molecule has 0 fully saturated rings. The lowest BCUT2D eigenvalue weighted by Gasteiger charge is -2.07. The normalized spacial score (nSPS) is 10.9. The van der Waals surface area contributed by atoms with Gasteiger partial charge in [0, 0.05) is 5.56 Å². The number of benzene rings is 1. The number of furan rings is 1. The van der Waals surface area contributed by atoms with Gasteiger partial charge in [0.25, 0.3) is 0 Å². The molecule has 1 aromatic carbocycles. The Hall–Kier alpha value is -1.45. The Bertz CT molecular complexity index is 592. The fourth-order valence-corrected chi connectivity index (χ4v) is 2.37. The smallest absolute Gasteiger partial charge is 0.138 e. The number of nitrogens with one attached hydrogen (secondary N) is 1. The first-order valence-corrected chi connectivity index (χ1v) is 7.65. The third-order valence-corrected chi connectivity index (χ3v) is 3.56. The molecule has 114 valence electrons. The minimum absolute atomic E-state index is 0.464. The molecule has 0 saturated heterocycles. The Balaban J connectivity index is 1.96. The van der Waals surface area contributed by atoms with E-state index in [0.717, 1.165) is 42.2 Å². The summed E-state index contributed by atoms with van der Waals surface area (Å²) in [4.78, 5) is 0. The molecule has 0 aliphatic carbocycles. The largest absolute Gasteiger partial charge is 0.487 e. The van der Waals surface area contributed by atoms with E-state index >= 15 is 0 Å². The molecule has 1 N–H and O–H groups in total. The average Bonchev–Trinajstić information content (AvgIpc) is 2.79. The van der Waals surface area contributed by atoms with Crippen molar-refractivity contribution in [1.82, 2.24) is 5.32 Å². The number of halogens is 1. The van der Waals surface area contributed by atoms with Crippen LogP contribution in [0.3, 0.4) is 0 Å². The number of aryl methyl sites for hydroxylation is 2. The monoisotopic (exact) mass is 307 g/mol. The van der Waals surface area contributed by atoms with Crippen LogP contribution in [0.2, 0.25) is 5.02 Å². The van der Waals surface area contributed by atoms with Gasteiger partial charge < -0.3 is 14.5 Å². The third kappa shape index (κ3) is 4.51. The van der Waals surface area contributed by atoms with Crippen molar-refractivity contribution >= 4 is 11.6 Å². The van der Waals surface area contributed by atoms with E-state index in [0.29, 0.717) is 17.4 Å². The van der Waals surface area contributed by atoms with E-state index in [1.165, 1.54) is 0 Å². The summed E-state index contributed by atoms with van der Waals surface area (Å²) >= 11 is 6.17. The molecule has 0 aliphatic rings. The van der Waals surface area contributed by atoms with Gasteiger partial charge >= 0.3 is 0 Å². The Morgan fingerprint density at radius 3 is 2.76 bits per heavy atom. The SMILES string of the molecule is CCCNCc1cc(COc2ccc(C)cc2Cl)c(C)o1. The number of rotatable bonds is 7. The van der Waals surface area contributed by atoms with Gasteiger partial charge in [-0.05, 0) is 50.6 Å². The van der Waals surface area contributed by atoms with Gasteiger partial charge in [-0.25, -0.2) is 0 Å². The molecular formula is C17H22ClNO2. The predicted octanol–water partition coefficient (Wildman–Crippen LogP) is 4.63. The summed E-state index contributed by atoms with van der Waals surface area (Å²) in [5.74, 6) is 2.54. The van der Waals surface area contributed by atoms with E-state index in [-0.39, 0.29) is 0 Å². The lowest BCUT2D eigenvalue weighted by atomic mass is 10.2. The van der Waals surface area contributed by atoms with Crippen molar-refractivity contribution in [2.45, 2.75) is 40.3 Å². The standard InChI is InChI=1S/C17H22ClNO2/c1-4-7-19-10-15-9-14(13(3)21-15)11-20-17-6-5-12(2)8-16(17)18/h5-6,8-9,19H,4,7,10-11H2,1-3H3. The van der Waals surface area contributed by atoms with E-state index in [1.54, 1.807) is 0 Å². The highest BCUT2D eigenvalue weighted by molar-refractivity contribution is 6.32. The van der Waals surface area contributed by atoms with E-state index in [4.69, 9.17) is 20.8 Å². The van der Waals surface area contributed by atoms with E-state index in [1.807, 2.05) is 38.1 Å². The molecule has 21 heavy (non-hydrogen) atoms. The average molecular weight is 308 g/mol. The molecule has 0 bridgehead atoms. The third-order valence-electron chi connectivity index (χ3n) is 3.27. The molecule has 1 aromatic heterocycles. The van der Waals surface area contributed by atoms with Crippen LogP contribution in [0.1, 0.15) is 36.0 Å². The molecule has 0 unspecified atom stereocenters. The van der Waals surface area contributed by atoms with Crippen molar-refractivity contribution < 1.29 is 9.15 Å². The summed E-state index contributed by atoms with van der Waals surface area (Å²) in [5.41, 5.74) is 2.18. The molecule has 1 heterocycles. The lowest BCUT2D eigenvalue weighted by Crippen LogP contribution is -2.13. The van der Waals surface area contributed by atoms with Crippen LogP contribution in [0.5, 0.6) is 5.75 Å². The van der Waals surface area contributed by atoms with Crippen LogP contribution in [-0.4, -0.2) is 6.54 Å². The van der Waals surface area contributed by atoms with Crippen molar-refractivity contribution in [3.05, 3.63) is 51.9 Å². The molecule has 2 aromatic rings. The van der Waals surface area contributed by atoms with Crippen molar-refractivity contribution in [3.8, 4) is 5.75 Å². The minimum Gasteiger partial charge on any atom is -0.487 e. The van der Waals surface area contributed by atoms with Gasteiger partial charge in [0.05, 0.1) is 11.6 Å². The molecule has 0 aliphatic heterocycles. The fourth-order valence-electron chi connectivity index (χ4n) is 2.08. The maximum Gasteiger partial charge on any atom is 0.138 e. The van der Waals surface area contributed by atoms with Crippen LogP contribution in [0.25, 0.3) is 0 Å². The van der Waals surface area contributed by atoms with Gasteiger partial charge in [-0.15, -0.1) is 0 Å². The summed E-state index contributed by atoms with van der Waals surface area (Å²) < 4.78 is 11.5. The highest BCUT2D eigenvalue weighted by Gasteiger charge is 2.09. The molecule has 0 spiro atoms. The van der Waals surface area contributed by atoms with E-state index in [9.17, 15) is 0 Å². The molecule has 0 radical (unpaired) electrons. The van der Waals surface area contributed by atoms with Crippen molar-refractivity contribution in [2.75, 3.05) is 6.54 Å². The first-order chi connectivity index (χ1) is 10.1. The molecule has 0 saturated carbocycles. The van der Waals surface area contributed by atoms with Crippen molar-refractivity contribution in [1.29, 1.82) is 0 Å². The van der Waals surface area contributed by atoms with Gasteiger partial charge in [0.15, 0.2) is 0 Å². The summed E-state index contributed by atoms with van der Waals surface area (Å²) in [6, 6.07) is 7.83.